The van der Waals surface area contributed by atoms with Crippen molar-refractivity contribution in [3.63, 3.8) is 0 Å². The molecule has 2 rings (SSSR count). The average Bonchev–Trinajstić information content (AvgIpc) is 2.73. The first-order valence-corrected chi connectivity index (χ1v) is 5.08. The molecule has 0 heterocycles. The van der Waals surface area contributed by atoms with E-state index in [1.54, 1.807) is 11.9 Å². The van der Waals surface area contributed by atoms with Crippen molar-refractivity contribution >= 4 is 5.91 Å². The first-order chi connectivity index (χ1) is 6.22. The number of carbonyl (C=O) groups is 1. The monoisotopic (exact) mass is 183 g/mol. The van der Waals surface area contributed by atoms with Gasteiger partial charge in [-0.1, -0.05) is 0 Å². The van der Waals surface area contributed by atoms with E-state index in [1.807, 2.05) is 0 Å². The Kier molecular flexibility index (Phi) is 2.28. The summed E-state index contributed by atoms with van der Waals surface area (Å²) in [5, 5.41) is 8.70. The van der Waals surface area contributed by atoms with Crippen molar-refractivity contribution in [3.8, 4) is 0 Å². The number of likely N-dealkylation sites (N-methyl/N-ethyl adjacent to an activating group) is 1. The van der Waals surface area contributed by atoms with E-state index in [-0.39, 0.29) is 18.4 Å². The number of nitrogens with zero attached hydrogens (tertiary/aromatic N) is 1. The molecule has 3 heteroatoms. The van der Waals surface area contributed by atoms with Crippen LogP contribution >= 0.6 is 0 Å². The largest absolute Gasteiger partial charge is 0.395 e. The number of amides is 1. The van der Waals surface area contributed by atoms with Crippen LogP contribution in [0.1, 0.15) is 19.3 Å². The van der Waals surface area contributed by atoms with Gasteiger partial charge < -0.3 is 10.0 Å². The normalized spacial score (nSPS) is 35.7. The van der Waals surface area contributed by atoms with Crippen LogP contribution in [0.4, 0.5) is 0 Å². The number of rotatable bonds is 3. The van der Waals surface area contributed by atoms with Gasteiger partial charge in [0.15, 0.2) is 0 Å². The van der Waals surface area contributed by atoms with Crippen LogP contribution in [0.3, 0.4) is 0 Å². The molecule has 74 valence electrons. The fourth-order valence-electron chi connectivity index (χ4n) is 2.49. The van der Waals surface area contributed by atoms with Crippen LogP contribution in [0.15, 0.2) is 0 Å². The molecule has 0 aliphatic heterocycles. The van der Waals surface area contributed by atoms with Gasteiger partial charge in [0.1, 0.15) is 0 Å². The highest BCUT2D eigenvalue weighted by atomic mass is 16.3. The Balaban J connectivity index is 1.82. The lowest BCUT2D eigenvalue weighted by atomic mass is 10.0. The molecule has 3 nitrogen and oxygen atoms in total. The van der Waals surface area contributed by atoms with Gasteiger partial charge in [0.2, 0.25) is 5.91 Å². The van der Waals surface area contributed by atoms with Crippen molar-refractivity contribution in [2.75, 3.05) is 20.2 Å². The van der Waals surface area contributed by atoms with E-state index in [9.17, 15) is 4.79 Å². The van der Waals surface area contributed by atoms with Crippen molar-refractivity contribution < 1.29 is 9.90 Å². The summed E-state index contributed by atoms with van der Waals surface area (Å²) in [5.41, 5.74) is 0. The summed E-state index contributed by atoms with van der Waals surface area (Å²) in [7, 11) is 1.78. The molecule has 0 aromatic carbocycles. The molecule has 2 saturated carbocycles. The maximum absolute atomic E-state index is 11.7. The minimum absolute atomic E-state index is 0.0712. The van der Waals surface area contributed by atoms with Crippen LogP contribution in [0, 0.1) is 17.8 Å². The second-order valence-corrected chi connectivity index (χ2v) is 4.41. The second kappa shape index (κ2) is 3.29. The zero-order valence-corrected chi connectivity index (χ0v) is 8.07. The van der Waals surface area contributed by atoms with E-state index in [1.165, 1.54) is 6.42 Å². The highest BCUT2D eigenvalue weighted by Crippen LogP contribution is 2.54. The molecule has 1 amide bonds. The number of carbonyl (C=O) groups excluding carboxylic acids is 1. The Labute approximate surface area is 78.7 Å². The van der Waals surface area contributed by atoms with Gasteiger partial charge in [-0.25, -0.2) is 0 Å². The van der Waals surface area contributed by atoms with E-state index in [2.05, 4.69) is 0 Å². The van der Waals surface area contributed by atoms with E-state index in [0.717, 1.165) is 24.7 Å². The highest BCUT2D eigenvalue weighted by molar-refractivity contribution is 5.79. The standard InChI is InChI=1S/C10H17NO2/c1-11(2-3-12)10(13)9-5-7-4-8(7)6-9/h7-9,12H,2-6H2,1H3. The highest BCUT2D eigenvalue weighted by Gasteiger charge is 2.48. The average molecular weight is 183 g/mol. The summed E-state index contributed by atoms with van der Waals surface area (Å²) in [4.78, 5) is 13.4. The van der Waals surface area contributed by atoms with Gasteiger partial charge in [0, 0.05) is 19.5 Å². The number of aliphatic hydroxyl groups is 1. The fourth-order valence-corrected chi connectivity index (χ4v) is 2.49. The number of hydrogen-bond donors (Lipinski definition) is 1. The lowest BCUT2D eigenvalue weighted by molar-refractivity contribution is -0.134. The fraction of sp³-hybridized carbons (Fsp3) is 0.900. The van der Waals surface area contributed by atoms with Gasteiger partial charge in [-0.15, -0.1) is 0 Å². The molecule has 0 aromatic rings. The van der Waals surface area contributed by atoms with E-state index < -0.39 is 0 Å². The minimum atomic E-state index is 0.0712. The van der Waals surface area contributed by atoms with Crippen LogP contribution in [0.25, 0.3) is 0 Å². The Bertz CT molecular complexity index is 207. The van der Waals surface area contributed by atoms with Crippen molar-refractivity contribution in [2.24, 2.45) is 17.8 Å². The molecule has 13 heavy (non-hydrogen) atoms. The van der Waals surface area contributed by atoms with E-state index in [4.69, 9.17) is 5.11 Å². The molecule has 0 aromatic heterocycles. The van der Waals surface area contributed by atoms with Crippen molar-refractivity contribution in [2.45, 2.75) is 19.3 Å². The SMILES string of the molecule is CN(CCO)C(=O)C1CC2CC2C1. The van der Waals surface area contributed by atoms with Gasteiger partial charge >= 0.3 is 0 Å². The third-order valence-electron chi connectivity index (χ3n) is 3.40. The maximum Gasteiger partial charge on any atom is 0.225 e. The van der Waals surface area contributed by atoms with Gasteiger partial charge in [-0.2, -0.15) is 0 Å². The summed E-state index contributed by atoms with van der Waals surface area (Å²) in [6.45, 7) is 0.548. The molecule has 2 aliphatic rings. The lowest BCUT2D eigenvalue weighted by Gasteiger charge is -2.20. The van der Waals surface area contributed by atoms with Crippen LogP contribution in [0.2, 0.25) is 0 Å². The molecular formula is C10H17NO2. The lowest BCUT2D eigenvalue weighted by Crippen LogP contribution is -2.34. The molecular weight excluding hydrogens is 166 g/mol. The summed E-state index contributed by atoms with van der Waals surface area (Å²) < 4.78 is 0. The molecule has 1 N–H and O–H groups in total. The zero-order chi connectivity index (χ0) is 9.42. The minimum Gasteiger partial charge on any atom is -0.395 e. The van der Waals surface area contributed by atoms with Gasteiger partial charge in [-0.05, 0) is 31.1 Å². The van der Waals surface area contributed by atoms with Gasteiger partial charge in [-0.3, -0.25) is 4.79 Å². The Morgan fingerprint density at radius 2 is 2.00 bits per heavy atom. The molecule has 2 aliphatic carbocycles. The molecule has 0 radical (unpaired) electrons. The van der Waals surface area contributed by atoms with Crippen LogP contribution in [-0.4, -0.2) is 36.1 Å². The third kappa shape index (κ3) is 1.70. The predicted octanol–water partition coefficient (Wildman–Crippen LogP) is 0.483. The predicted molar refractivity (Wildman–Crippen MR) is 49.0 cm³/mol. The van der Waals surface area contributed by atoms with Crippen LogP contribution in [0.5, 0.6) is 0 Å². The van der Waals surface area contributed by atoms with Gasteiger partial charge in [0.25, 0.3) is 0 Å². The van der Waals surface area contributed by atoms with Crippen molar-refractivity contribution in [3.05, 3.63) is 0 Å². The molecule has 2 atom stereocenters. The Morgan fingerprint density at radius 1 is 1.38 bits per heavy atom. The topological polar surface area (TPSA) is 40.5 Å². The summed E-state index contributed by atoms with van der Waals surface area (Å²) >= 11 is 0. The summed E-state index contributed by atoms with van der Waals surface area (Å²) in [6.07, 6.45) is 3.55. The quantitative estimate of drug-likeness (QED) is 0.691. The van der Waals surface area contributed by atoms with E-state index >= 15 is 0 Å². The molecule has 0 spiro atoms. The number of fused-ring (bicyclic) bond motifs is 1. The van der Waals surface area contributed by atoms with E-state index in [0.29, 0.717) is 6.54 Å². The smallest absolute Gasteiger partial charge is 0.225 e. The second-order valence-electron chi connectivity index (χ2n) is 4.41. The first kappa shape index (κ1) is 9.00. The molecule has 2 unspecified atom stereocenters. The number of hydrogen-bond acceptors (Lipinski definition) is 2. The zero-order valence-electron chi connectivity index (χ0n) is 8.07. The number of aliphatic hydroxyl groups excluding tert-OH is 1. The van der Waals surface area contributed by atoms with Crippen LogP contribution < -0.4 is 0 Å². The molecule has 2 fully saturated rings. The Hall–Kier alpha value is -0.570. The summed E-state index contributed by atoms with van der Waals surface area (Å²) in [5.74, 6) is 2.22. The third-order valence-corrected chi connectivity index (χ3v) is 3.40. The van der Waals surface area contributed by atoms with Crippen molar-refractivity contribution in [1.82, 2.24) is 4.90 Å². The van der Waals surface area contributed by atoms with Gasteiger partial charge in [0.05, 0.1) is 6.61 Å². The van der Waals surface area contributed by atoms with Crippen molar-refractivity contribution in [1.29, 1.82) is 0 Å². The molecule has 0 saturated heterocycles. The first-order valence-electron chi connectivity index (χ1n) is 5.08. The maximum atomic E-state index is 11.7. The van der Waals surface area contributed by atoms with Crippen LogP contribution in [-0.2, 0) is 4.79 Å². The summed E-state index contributed by atoms with van der Waals surface area (Å²) in [6, 6.07) is 0. The Morgan fingerprint density at radius 3 is 2.54 bits per heavy atom. The molecule has 0 bridgehead atoms.